The Morgan fingerprint density at radius 3 is 2.15 bits per heavy atom. The van der Waals surface area contributed by atoms with Crippen LogP contribution in [0.1, 0.15) is 63.9 Å². The minimum Gasteiger partial charge on any atom is -0.475 e. The number of hydrogen-bond donors (Lipinski definition) is 2. The first-order valence-corrected chi connectivity index (χ1v) is 11.9. The van der Waals surface area contributed by atoms with Crippen LogP contribution in [-0.4, -0.2) is 53.8 Å². The number of benzene rings is 1. The number of aliphatic carboxylic acids is 1. The van der Waals surface area contributed by atoms with E-state index in [9.17, 15) is 18.0 Å². The van der Waals surface area contributed by atoms with Gasteiger partial charge in [-0.3, -0.25) is 4.79 Å². The zero-order valence-electron chi connectivity index (χ0n) is 19.5. The minimum atomic E-state index is -5.08. The van der Waals surface area contributed by atoms with Crippen LogP contribution in [0.2, 0.25) is 0 Å². The van der Waals surface area contributed by atoms with Crippen LogP contribution < -0.4 is 9.91 Å². The van der Waals surface area contributed by atoms with Gasteiger partial charge in [0.1, 0.15) is 13.1 Å². The SMILES string of the molecule is Cc1cc([N+]2(N3CCC[C@@H]3C)CCCC2)ccc1NC(=O)C1CCCC1.O=C(O)C(F)(F)F. The molecule has 1 aromatic rings. The van der Waals surface area contributed by atoms with Crippen molar-refractivity contribution in [1.29, 1.82) is 0 Å². The van der Waals surface area contributed by atoms with Crippen LogP contribution in [0.3, 0.4) is 0 Å². The maximum Gasteiger partial charge on any atom is 0.490 e. The molecular weight excluding hydrogens is 435 g/mol. The van der Waals surface area contributed by atoms with Gasteiger partial charge in [-0.15, -0.1) is 5.01 Å². The van der Waals surface area contributed by atoms with Crippen molar-refractivity contribution in [1.82, 2.24) is 9.60 Å². The summed E-state index contributed by atoms with van der Waals surface area (Å²) in [6.45, 7) is 8.18. The molecule has 1 aromatic carbocycles. The molecule has 3 aliphatic rings. The van der Waals surface area contributed by atoms with Crippen LogP contribution in [0.15, 0.2) is 18.2 Å². The maximum atomic E-state index is 12.5. The number of quaternary nitrogens is 1. The average Bonchev–Trinajstić information content (AvgIpc) is 3.51. The number of aryl methyl sites for hydroxylation is 1. The number of nitrogens with one attached hydrogen (secondary N) is 1. The van der Waals surface area contributed by atoms with Gasteiger partial charge in [-0.2, -0.15) is 13.2 Å². The van der Waals surface area contributed by atoms with Crippen molar-refractivity contribution >= 4 is 23.3 Å². The second kappa shape index (κ2) is 10.4. The second-order valence-electron chi connectivity index (χ2n) is 9.50. The Balaban J connectivity index is 0.000000383. The quantitative estimate of drug-likeness (QED) is 0.589. The summed E-state index contributed by atoms with van der Waals surface area (Å²) < 4.78 is 32.8. The van der Waals surface area contributed by atoms with Crippen molar-refractivity contribution < 1.29 is 27.9 Å². The number of anilines is 1. The van der Waals surface area contributed by atoms with E-state index in [0.717, 1.165) is 23.1 Å². The molecule has 0 spiro atoms. The molecule has 1 atom stereocenters. The molecule has 2 heterocycles. The van der Waals surface area contributed by atoms with Crippen LogP contribution in [0.25, 0.3) is 0 Å². The molecule has 6 nitrogen and oxygen atoms in total. The van der Waals surface area contributed by atoms with Crippen molar-refractivity contribution in [2.45, 2.75) is 77.4 Å². The van der Waals surface area contributed by atoms with Gasteiger partial charge in [0.25, 0.3) is 0 Å². The molecule has 2 saturated heterocycles. The molecule has 3 fully saturated rings. The number of alkyl halides is 3. The summed E-state index contributed by atoms with van der Waals surface area (Å²) in [4.78, 5) is 21.4. The summed E-state index contributed by atoms with van der Waals surface area (Å²) in [6, 6.07) is 7.42. The topological polar surface area (TPSA) is 69.6 Å². The van der Waals surface area contributed by atoms with E-state index in [-0.39, 0.29) is 11.8 Å². The highest BCUT2D eigenvalue weighted by molar-refractivity contribution is 5.93. The van der Waals surface area contributed by atoms with Gasteiger partial charge in [-0.05, 0) is 51.2 Å². The molecule has 1 saturated carbocycles. The molecule has 184 valence electrons. The number of halogens is 3. The average molecular weight is 471 g/mol. The number of carboxylic acids is 1. The van der Waals surface area contributed by atoms with Gasteiger partial charge in [-0.1, -0.05) is 12.8 Å². The summed E-state index contributed by atoms with van der Waals surface area (Å²) in [5.74, 6) is -2.32. The van der Waals surface area contributed by atoms with Gasteiger partial charge >= 0.3 is 12.1 Å². The Morgan fingerprint density at radius 2 is 1.67 bits per heavy atom. The Bertz CT molecular complexity index is 847. The van der Waals surface area contributed by atoms with E-state index in [1.165, 1.54) is 69.4 Å². The third-order valence-corrected chi connectivity index (χ3v) is 7.23. The largest absolute Gasteiger partial charge is 0.490 e. The zero-order valence-corrected chi connectivity index (χ0v) is 19.5. The molecule has 0 unspecified atom stereocenters. The molecule has 1 aliphatic carbocycles. The number of rotatable bonds is 4. The fourth-order valence-electron chi connectivity index (χ4n) is 5.48. The lowest BCUT2D eigenvalue weighted by molar-refractivity contribution is -0.192. The van der Waals surface area contributed by atoms with E-state index in [4.69, 9.17) is 9.90 Å². The monoisotopic (exact) mass is 470 g/mol. The molecular formula is C24H35F3N3O3+. The molecule has 33 heavy (non-hydrogen) atoms. The standard InChI is InChI=1S/C22H33N3O.C2HF3O2/c1-17-16-20(11-12-21(17)23-22(26)19-9-3-4-10-19)25(14-5-6-15-25)24-13-7-8-18(24)2;3-2(4,5)1(6)7/h11-12,16,18-19H,3-10,13-15H2,1-2H3;(H,6,7)/p+1/t18-;/m0./s1. The lowest BCUT2D eigenvalue weighted by atomic mass is 10.1. The predicted octanol–water partition coefficient (Wildman–Crippen LogP) is 5.26. The number of nitrogens with zero attached hydrogens (tertiary/aromatic N) is 2. The van der Waals surface area contributed by atoms with Crippen molar-refractivity contribution in [2.75, 3.05) is 25.0 Å². The molecule has 0 aromatic heterocycles. The van der Waals surface area contributed by atoms with Crippen LogP contribution in [0.5, 0.6) is 0 Å². The predicted molar refractivity (Wildman–Crippen MR) is 122 cm³/mol. The Kier molecular flexibility index (Phi) is 8.05. The van der Waals surface area contributed by atoms with Crippen LogP contribution in [0, 0.1) is 12.8 Å². The van der Waals surface area contributed by atoms with Gasteiger partial charge < -0.3 is 10.4 Å². The normalized spacial score (nSPS) is 23.2. The summed E-state index contributed by atoms with van der Waals surface area (Å²) in [5.41, 5.74) is 3.61. The summed E-state index contributed by atoms with van der Waals surface area (Å²) in [7, 11) is 0. The van der Waals surface area contributed by atoms with E-state index >= 15 is 0 Å². The fourth-order valence-corrected chi connectivity index (χ4v) is 5.48. The van der Waals surface area contributed by atoms with E-state index in [1.54, 1.807) is 0 Å². The van der Waals surface area contributed by atoms with Crippen molar-refractivity contribution in [3.63, 3.8) is 0 Å². The van der Waals surface area contributed by atoms with Crippen molar-refractivity contribution in [2.24, 2.45) is 5.92 Å². The van der Waals surface area contributed by atoms with Gasteiger partial charge in [0.2, 0.25) is 5.91 Å². The summed E-state index contributed by atoms with van der Waals surface area (Å²) in [5, 5.41) is 13.0. The van der Waals surface area contributed by atoms with E-state index in [0.29, 0.717) is 6.04 Å². The van der Waals surface area contributed by atoms with Gasteiger partial charge in [0, 0.05) is 43.1 Å². The molecule has 4 rings (SSSR count). The lowest BCUT2D eigenvalue weighted by Gasteiger charge is -2.43. The third-order valence-electron chi connectivity index (χ3n) is 7.23. The first-order chi connectivity index (χ1) is 15.5. The van der Waals surface area contributed by atoms with E-state index < -0.39 is 12.1 Å². The zero-order chi connectivity index (χ0) is 24.2. The molecule has 0 bridgehead atoms. The van der Waals surface area contributed by atoms with Crippen molar-refractivity contribution in [3.8, 4) is 0 Å². The summed E-state index contributed by atoms with van der Waals surface area (Å²) in [6.07, 6.45) is 4.66. The molecule has 0 radical (unpaired) electrons. The Labute approximate surface area is 193 Å². The van der Waals surface area contributed by atoms with Gasteiger partial charge in [0.05, 0.1) is 6.04 Å². The molecule has 2 N–H and O–H groups in total. The maximum absolute atomic E-state index is 12.5. The smallest absolute Gasteiger partial charge is 0.475 e. The fraction of sp³-hybridized carbons (Fsp3) is 0.667. The van der Waals surface area contributed by atoms with E-state index in [1.807, 2.05) is 0 Å². The number of carbonyl (C=O) groups excluding carboxylic acids is 1. The first-order valence-electron chi connectivity index (χ1n) is 11.9. The van der Waals surface area contributed by atoms with Gasteiger partial charge in [0.15, 0.2) is 5.69 Å². The Hall–Kier alpha value is -2.13. The third kappa shape index (κ3) is 5.87. The first kappa shape index (κ1) is 25.5. The highest BCUT2D eigenvalue weighted by Gasteiger charge is 2.45. The Morgan fingerprint density at radius 1 is 1.06 bits per heavy atom. The number of carbonyl (C=O) groups is 2. The minimum absolute atomic E-state index is 0.219. The lowest BCUT2D eigenvalue weighted by Crippen LogP contribution is -2.61. The van der Waals surface area contributed by atoms with Crippen LogP contribution in [0.4, 0.5) is 24.5 Å². The van der Waals surface area contributed by atoms with Crippen molar-refractivity contribution in [3.05, 3.63) is 23.8 Å². The molecule has 1 amide bonds. The molecule has 9 heteroatoms. The highest BCUT2D eigenvalue weighted by Crippen LogP contribution is 2.38. The highest BCUT2D eigenvalue weighted by atomic mass is 19.4. The summed E-state index contributed by atoms with van der Waals surface area (Å²) >= 11 is 0. The number of amides is 1. The number of hydrogen-bond acceptors (Lipinski definition) is 3. The molecule has 2 aliphatic heterocycles. The van der Waals surface area contributed by atoms with Crippen LogP contribution >= 0.6 is 0 Å². The second-order valence-corrected chi connectivity index (χ2v) is 9.50. The van der Waals surface area contributed by atoms with Gasteiger partial charge in [-0.25, -0.2) is 9.39 Å². The van der Waals surface area contributed by atoms with E-state index in [2.05, 4.69) is 42.4 Å². The van der Waals surface area contributed by atoms with Crippen LogP contribution in [-0.2, 0) is 9.59 Å². The number of carboxylic acid groups (broad SMARTS) is 1.